The second-order valence-electron chi connectivity index (χ2n) is 17.2. The number of carbonyl (C=O) groups excluding carboxylic acids is 3. The maximum Gasteiger partial charge on any atom is 0.335 e. The Bertz CT molecular complexity index is 2190. The van der Waals surface area contributed by atoms with E-state index in [9.17, 15) is 34.5 Å². The Labute approximate surface area is 329 Å². The number of nitrogens with one attached hydrogen (secondary N) is 3. The van der Waals surface area contributed by atoms with E-state index in [0.29, 0.717) is 12.1 Å². The number of carboxylic acid groups (broad SMARTS) is 2. The van der Waals surface area contributed by atoms with Gasteiger partial charge in [-0.25, -0.2) is 9.59 Å². The Morgan fingerprint density at radius 2 is 1.12 bits per heavy atom. The second kappa shape index (κ2) is 14.2. The molecule has 0 radical (unpaired) electrons. The first kappa shape index (κ1) is 36.7. The number of phenolic OH excluding ortho intramolecular Hbond substituents is 1. The van der Waals surface area contributed by atoms with Gasteiger partial charge in [0.25, 0.3) is 0 Å². The molecule has 7 aliphatic carbocycles. The number of aromatic hydroxyl groups is 1. The lowest BCUT2D eigenvalue weighted by Crippen LogP contribution is -2.57. The molecule has 4 aromatic rings. The van der Waals surface area contributed by atoms with Crippen LogP contribution in [-0.4, -0.2) is 57.6 Å². The van der Waals surface area contributed by atoms with Crippen LogP contribution >= 0.6 is 0 Å². The minimum Gasteiger partial charge on any atom is -0.508 e. The van der Waals surface area contributed by atoms with Crippen LogP contribution in [0.1, 0.15) is 98.9 Å². The van der Waals surface area contributed by atoms with E-state index in [-0.39, 0.29) is 40.3 Å². The summed E-state index contributed by atoms with van der Waals surface area (Å²) in [5, 5.41) is 38.3. The van der Waals surface area contributed by atoms with Crippen molar-refractivity contribution in [2.45, 2.75) is 62.8 Å². The SMILES string of the molecule is O=C(O)c1cc(NC(=O)[C@@H](Cc2ccc(O)cc2)NC(=O)C2C3c4ccccc4C(c4ccccc43)C2C(=O)NCC23CC4CC(CC(C4)C2)C3)cc(C(=O)O)c1. The van der Waals surface area contributed by atoms with Gasteiger partial charge in [-0.1, -0.05) is 60.7 Å². The molecule has 0 aliphatic heterocycles. The van der Waals surface area contributed by atoms with Crippen LogP contribution in [0.15, 0.2) is 91.0 Å². The molecule has 6 bridgehead atoms. The van der Waals surface area contributed by atoms with E-state index in [4.69, 9.17) is 0 Å². The Morgan fingerprint density at radius 3 is 1.60 bits per heavy atom. The molecule has 11 nitrogen and oxygen atoms in total. The zero-order chi connectivity index (χ0) is 39.6. The molecule has 0 saturated heterocycles. The van der Waals surface area contributed by atoms with Gasteiger partial charge in [0.1, 0.15) is 11.8 Å². The molecule has 2 unspecified atom stereocenters. The summed E-state index contributed by atoms with van der Waals surface area (Å²) in [6, 6.07) is 24.2. The third kappa shape index (κ3) is 6.72. The van der Waals surface area contributed by atoms with Gasteiger partial charge < -0.3 is 31.3 Å². The standard InChI is InChI=1S/C46H45N3O8/c50-31-11-9-24(10-12-31)16-36(41(51)48-30-18-28(44(54)55)17-29(19-30)45(56)57)49-43(53)40-38-34-7-3-1-5-32(34)37(33-6-2-4-8-35(33)38)39(40)42(52)47-23-46-20-25-13-26(21-46)15-27(14-25)22-46/h1-12,17-19,25-27,36-40,50H,13-16,20-23H2,(H,47,52)(H,48,51)(H,49,53)(H,54,55)(H,56,57)/t25?,26?,27?,36-,37?,38?,39?,40?,46?/m1/s1. The average Bonchev–Trinajstić information content (AvgIpc) is 3.19. The number of carbonyl (C=O) groups is 5. The molecule has 4 saturated carbocycles. The van der Waals surface area contributed by atoms with Crippen LogP contribution in [0.25, 0.3) is 0 Å². The second-order valence-corrected chi connectivity index (χ2v) is 17.2. The van der Waals surface area contributed by atoms with Crippen molar-refractivity contribution >= 4 is 35.3 Å². The number of anilines is 1. The summed E-state index contributed by atoms with van der Waals surface area (Å²) in [5.41, 5.74) is 3.95. The van der Waals surface area contributed by atoms with E-state index < -0.39 is 53.5 Å². The Morgan fingerprint density at radius 1 is 0.649 bits per heavy atom. The number of amides is 3. The van der Waals surface area contributed by atoms with Crippen LogP contribution in [0, 0.1) is 35.0 Å². The van der Waals surface area contributed by atoms with Gasteiger partial charge in [0.05, 0.1) is 23.0 Å². The number of hydrogen-bond donors (Lipinski definition) is 6. The molecular formula is C46H45N3O8. The maximum atomic E-state index is 15.1. The molecule has 3 atom stereocenters. The lowest BCUT2D eigenvalue weighted by Gasteiger charge is -2.57. The summed E-state index contributed by atoms with van der Waals surface area (Å²) in [7, 11) is 0. The van der Waals surface area contributed by atoms with Gasteiger partial charge >= 0.3 is 11.9 Å². The Hall–Kier alpha value is -5.97. The average molecular weight is 768 g/mol. The van der Waals surface area contributed by atoms with Crippen LogP contribution < -0.4 is 16.0 Å². The summed E-state index contributed by atoms with van der Waals surface area (Å²) in [6.07, 6.45) is 7.24. The van der Waals surface area contributed by atoms with Crippen molar-refractivity contribution in [2.24, 2.45) is 35.0 Å². The molecule has 0 heterocycles. The number of hydrogen-bond acceptors (Lipinski definition) is 6. The quantitative estimate of drug-likeness (QED) is 0.103. The fraction of sp³-hybridized carbons (Fsp3) is 0.370. The number of fused-ring (bicyclic) bond motifs is 1. The van der Waals surface area contributed by atoms with Gasteiger partial charge in [0, 0.05) is 30.5 Å². The molecular weight excluding hydrogens is 723 g/mol. The number of rotatable bonds is 11. The molecule has 7 aliphatic rings. The topological polar surface area (TPSA) is 182 Å². The highest BCUT2D eigenvalue weighted by atomic mass is 16.4. The van der Waals surface area contributed by atoms with Crippen LogP contribution in [0.5, 0.6) is 5.75 Å². The predicted octanol–water partition coefficient (Wildman–Crippen LogP) is 6.31. The van der Waals surface area contributed by atoms with E-state index in [1.54, 1.807) is 12.1 Å². The van der Waals surface area contributed by atoms with Crippen molar-refractivity contribution in [1.29, 1.82) is 0 Å². The highest BCUT2D eigenvalue weighted by molar-refractivity contribution is 6.02. The van der Waals surface area contributed by atoms with Gasteiger partial charge in [0.2, 0.25) is 17.7 Å². The lowest BCUT2D eigenvalue weighted by molar-refractivity contribution is -0.139. The molecule has 3 amide bonds. The third-order valence-corrected chi connectivity index (χ3v) is 13.5. The minimum atomic E-state index is -1.37. The van der Waals surface area contributed by atoms with Gasteiger partial charge in [-0.05, 0) is 120 Å². The van der Waals surface area contributed by atoms with Gasteiger partial charge in [-0.3, -0.25) is 14.4 Å². The summed E-state index contributed by atoms with van der Waals surface area (Å²) in [6.45, 7) is 0.584. The van der Waals surface area contributed by atoms with E-state index in [0.717, 1.165) is 77.5 Å². The van der Waals surface area contributed by atoms with Crippen molar-refractivity contribution < 1.29 is 39.3 Å². The maximum absolute atomic E-state index is 15.1. The van der Waals surface area contributed by atoms with Gasteiger partial charge in [-0.15, -0.1) is 0 Å². The first-order valence-corrected chi connectivity index (χ1v) is 19.9. The first-order chi connectivity index (χ1) is 27.4. The van der Waals surface area contributed by atoms with Crippen LogP contribution in [0.2, 0.25) is 0 Å². The zero-order valence-corrected chi connectivity index (χ0v) is 31.3. The number of phenols is 1. The van der Waals surface area contributed by atoms with Crippen molar-refractivity contribution in [1.82, 2.24) is 10.6 Å². The van der Waals surface area contributed by atoms with Crippen LogP contribution in [0.4, 0.5) is 5.69 Å². The van der Waals surface area contributed by atoms with Crippen molar-refractivity contribution in [3.63, 3.8) is 0 Å². The molecule has 57 heavy (non-hydrogen) atoms. The molecule has 4 fully saturated rings. The van der Waals surface area contributed by atoms with E-state index in [1.807, 2.05) is 48.5 Å². The summed E-state index contributed by atoms with van der Waals surface area (Å²) < 4.78 is 0. The van der Waals surface area contributed by atoms with Gasteiger partial charge in [-0.2, -0.15) is 0 Å². The lowest BCUT2D eigenvalue weighted by atomic mass is 9.49. The summed E-state index contributed by atoms with van der Waals surface area (Å²) in [4.78, 5) is 67.9. The molecule has 0 spiro atoms. The largest absolute Gasteiger partial charge is 0.508 e. The van der Waals surface area contributed by atoms with Crippen LogP contribution in [-0.2, 0) is 20.8 Å². The van der Waals surface area contributed by atoms with Crippen molar-refractivity contribution in [3.8, 4) is 5.75 Å². The van der Waals surface area contributed by atoms with Gasteiger partial charge in [0.15, 0.2) is 0 Å². The number of carboxylic acids is 2. The first-order valence-electron chi connectivity index (χ1n) is 19.9. The summed E-state index contributed by atoms with van der Waals surface area (Å²) in [5.74, 6) is -4.44. The molecule has 4 aromatic carbocycles. The zero-order valence-electron chi connectivity index (χ0n) is 31.3. The predicted molar refractivity (Wildman–Crippen MR) is 210 cm³/mol. The molecule has 11 heteroatoms. The number of aromatic carboxylic acids is 2. The normalized spacial score (nSPS) is 27.8. The van der Waals surface area contributed by atoms with E-state index in [1.165, 1.54) is 31.4 Å². The Kier molecular flexibility index (Phi) is 9.13. The smallest absolute Gasteiger partial charge is 0.335 e. The molecule has 0 aromatic heterocycles. The van der Waals surface area contributed by atoms with Crippen molar-refractivity contribution in [3.05, 3.63) is 130 Å². The minimum absolute atomic E-state index is 0.0147. The van der Waals surface area contributed by atoms with E-state index in [2.05, 4.69) is 16.0 Å². The molecule has 6 N–H and O–H groups in total. The fourth-order valence-corrected chi connectivity index (χ4v) is 11.7. The van der Waals surface area contributed by atoms with Crippen molar-refractivity contribution in [2.75, 3.05) is 11.9 Å². The Balaban J connectivity index is 1.06. The monoisotopic (exact) mass is 767 g/mol. The highest BCUT2D eigenvalue weighted by Gasteiger charge is 2.56. The van der Waals surface area contributed by atoms with Crippen LogP contribution in [0.3, 0.4) is 0 Å². The number of benzene rings is 4. The third-order valence-electron chi connectivity index (χ3n) is 13.5. The molecule has 11 rings (SSSR count). The van der Waals surface area contributed by atoms with E-state index >= 15 is 4.79 Å². The molecule has 292 valence electrons. The highest BCUT2D eigenvalue weighted by Crippen LogP contribution is 2.61. The fourth-order valence-electron chi connectivity index (χ4n) is 11.7. The summed E-state index contributed by atoms with van der Waals surface area (Å²) >= 11 is 0.